The summed E-state index contributed by atoms with van der Waals surface area (Å²) in [4.78, 5) is 11.8. The predicted octanol–water partition coefficient (Wildman–Crippen LogP) is 2.28. The van der Waals surface area contributed by atoms with E-state index in [0.717, 1.165) is 31.5 Å². The highest BCUT2D eigenvalue weighted by Crippen LogP contribution is 2.16. The summed E-state index contributed by atoms with van der Waals surface area (Å²) in [7, 11) is 0. The van der Waals surface area contributed by atoms with Gasteiger partial charge in [-0.25, -0.2) is 8.78 Å². The lowest BCUT2D eigenvalue weighted by atomic mass is 10.1. The van der Waals surface area contributed by atoms with Crippen LogP contribution in [0.5, 0.6) is 0 Å². The number of nitrogens with one attached hydrogen (secondary N) is 2. The Morgan fingerprint density at radius 3 is 2.89 bits per heavy atom. The van der Waals surface area contributed by atoms with Gasteiger partial charge in [-0.2, -0.15) is 0 Å². The van der Waals surface area contributed by atoms with E-state index in [2.05, 4.69) is 10.6 Å². The Morgan fingerprint density at radius 2 is 2.26 bits per heavy atom. The van der Waals surface area contributed by atoms with E-state index >= 15 is 0 Å². The molecule has 0 aliphatic carbocycles. The molecular formula is C14H18F2N2O. The fraction of sp³-hybridized carbons (Fsp3) is 0.500. The van der Waals surface area contributed by atoms with Crippen molar-refractivity contribution in [1.82, 2.24) is 10.6 Å². The van der Waals surface area contributed by atoms with E-state index in [9.17, 15) is 13.6 Å². The van der Waals surface area contributed by atoms with Crippen LogP contribution in [0, 0.1) is 11.6 Å². The Hall–Kier alpha value is -1.49. The number of hydrogen-bond acceptors (Lipinski definition) is 2. The molecule has 0 saturated carbocycles. The lowest BCUT2D eigenvalue weighted by molar-refractivity contribution is -0.122. The molecule has 1 amide bonds. The van der Waals surface area contributed by atoms with Crippen molar-refractivity contribution in [2.24, 2.45) is 0 Å². The molecule has 1 saturated heterocycles. The molecule has 0 bridgehead atoms. The molecule has 1 aromatic rings. The van der Waals surface area contributed by atoms with Gasteiger partial charge in [0.1, 0.15) is 0 Å². The molecule has 2 rings (SSSR count). The second-order valence-electron chi connectivity index (χ2n) is 4.96. The molecule has 1 heterocycles. The van der Waals surface area contributed by atoms with Crippen molar-refractivity contribution < 1.29 is 13.6 Å². The van der Waals surface area contributed by atoms with Crippen LogP contribution in [0.15, 0.2) is 18.2 Å². The first-order valence-corrected chi connectivity index (χ1v) is 6.54. The molecule has 0 spiro atoms. The highest BCUT2D eigenvalue weighted by atomic mass is 19.2. The molecule has 2 atom stereocenters. The first-order chi connectivity index (χ1) is 9.06. The smallest absolute Gasteiger partial charge is 0.222 e. The molecule has 3 nitrogen and oxygen atoms in total. The maximum absolute atomic E-state index is 13.1. The van der Waals surface area contributed by atoms with Gasteiger partial charge in [0.05, 0.1) is 6.04 Å². The van der Waals surface area contributed by atoms with E-state index in [0.29, 0.717) is 12.0 Å². The van der Waals surface area contributed by atoms with Crippen LogP contribution in [-0.4, -0.2) is 18.5 Å². The maximum atomic E-state index is 13.1. The topological polar surface area (TPSA) is 41.1 Å². The molecule has 1 aliphatic heterocycles. The second-order valence-corrected chi connectivity index (χ2v) is 4.96. The van der Waals surface area contributed by atoms with Crippen LogP contribution in [-0.2, 0) is 4.79 Å². The third-order valence-electron chi connectivity index (χ3n) is 3.42. The molecule has 0 radical (unpaired) electrons. The van der Waals surface area contributed by atoms with Crippen LogP contribution in [0.4, 0.5) is 8.78 Å². The average Bonchev–Trinajstić information content (AvgIpc) is 2.85. The molecule has 1 fully saturated rings. The third-order valence-corrected chi connectivity index (χ3v) is 3.42. The van der Waals surface area contributed by atoms with Crippen LogP contribution in [0.25, 0.3) is 0 Å². The van der Waals surface area contributed by atoms with Crippen LogP contribution in [0.3, 0.4) is 0 Å². The van der Waals surface area contributed by atoms with Crippen molar-refractivity contribution >= 4 is 5.91 Å². The summed E-state index contributed by atoms with van der Waals surface area (Å²) in [6.07, 6.45) is 2.53. The van der Waals surface area contributed by atoms with E-state index in [1.807, 2.05) is 0 Å². The van der Waals surface area contributed by atoms with Crippen molar-refractivity contribution in [2.45, 2.75) is 38.3 Å². The SMILES string of the molecule is CC(NC(=O)CC1CCCN1)c1ccc(F)c(F)c1. The van der Waals surface area contributed by atoms with Crippen LogP contribution in [0.1, 0.15) is 37.8 Å². The fourth-order valence-corrected chi connectivity index (χ4v) is 2.32. The predicted molar refractivity (Wildman–Crippen MR) is 68.6 cm³/mol. The molecule has 2 N–H and O–H groups in total. The minimum Gasteiger partial charge on any atom is -0.350 e. The Labute approximate surface area is 111 Å². The lowest BCUT2D eigenvalue weighted by Gasteiger charge is -2.16. The van der Waals surface area contributed by atoms with E-state index in [1.165, 1.54) is 6.07 Å². The number of rotatable bonds is 4. The summed E-state index contributed by atoms with van der Waals surface area (Å²) < 4.78 is 25.9. The van der Waals surface area contributed by atoms with Gasteiger partial charge < -0.3 is 10.6 Å². The number of carbonyl (C=O) groups is 1. The van der Waals surface area contributed by atoms with Crippen LogP contribution >= 0.6 is 0 Å². The van der Waals surface area contributed by atoms with Gasteiger partial charge in [-0.1, -0.05) is 6.07 Å². The number of hydrogen-bond donors (Lipinski definition) is 2. The molecule has 0 aromatic heterocycles. The number of amides is 1. The van der Waals surface area contributed by atoms with E-state index in [4.69, 9.17) is 0 Å². The van der Waals surface area contributed by atoms with Crippen molar-refractivity contribution in [3.05, 3.63) is 35.4 Å². The normalized spacial score (nSPS) is 20.3. The van der Waals surface area contributed by atoms with Crippen molar-refractivity contribution in [1.29, 1.82) is 0 Å². The summed E-state index contributed by atoms with van der Waals surface area (Å²) in [6, 6.07) is 3.58. The van der Waals surface area contributed by atoms with Gasteiger partial charge >= 0.3 is 0 Å². The standard InChI is InChI=1S/C14H18F2N2O/c1-9(10-4-5-12(15)13(16)7-10)18-14(19)8-11-3-2-6-17-11/h4-5,7,9,11,17H,2-3,6,8H2,1H3,(H,18,19). The van der Waals surface area contributed by atoms with Gasteiger partial charge in [-0.3, -0.25) is 4.79 Å². The molecule has 2 unspecified atom stereocenters. The monoisotopic (exact) mass is 268 g/mol. The minimum absolute atomic E-state index is 0.0726. The van der Waals surface area contributed by atoms with Crippen LogP contribution < -0.4 is 10.6 Å². The Balaban J connectivity index is 1.90. The minimum atomic E-state index is -0.893. The summed E-state index contributed by atoms with van der Waals surface area (Å²) in [5, 5.41) is 6.05. The summed E-state index contributed by atoms with van der Waals surface area (Å²) in [5.74, 6) is -1.84. The van der Waals surface area contributed by atoms with Gasteiger partial charge in [0.15, 0.2) is 11.6 Å². The maximum Gasteiger partial charge on any atom is 0.222 e. The van der Waals surface area contributed by atoms with Gasteiger partial charge in [-0.15, -0.1) is 0 Å². The van der Waals surface area contributed by atoms with Crippen molar-refractivity contribution in [3.63, 3.8) is 0 Å². The van der Waals surface area contributed by atoms with Gasteiger partial charge in [0, 0.05) is 12.5 Å². The fourth-order valence-electron chi connectivity index (χ4n) is 2.32. The number of benzene rings is 1. The van der Waals surface area contributed by atoms with Gasteiger partial charge in [0.2, 0.25) is 5.91 Å². The highest BCUT2D eigenvalue weighted by molar-refractivity contribution is 5.77. The zero-order chi connectivity index (χ0) is 13.8. The quantitative estimate of drug-likeness (QED) is 0.879. The molecule has 5 heteroatoms. The molecule has 1 aromatic carbocycles. The first-order valence-electron chi connectivity index (χ1n) is 6.54. The van der Waals surface area contributed by atoms with Crippen molar-refractivity contribution in [2.75, 3.05) is 6.54 Å². The average molecular weight is 268 g/mol. The molecular weight excluding hydrogens is 250 g/mol. The van der Waals surface area contributed by atoms with Crippen molar-refractivity contribution in [3.8, 4) is 0 Å². The Kier molecular flexibility index (Phi) is 4.47. The molecule has 19 heavy (non-hydrogen) atoms. The number of halogens is 2. The van der Waals surface area contributed by atoms with E-state index < -0.39 is 11.6 Å². The number of carbonyl (C=O) groups excluding carboxylic acids is 1. The second kappa shape index (κ2) is 6.10. The largest absolute Gasteiger partial charge is 0.350 e. The highest BCUT2D eigenvalue weighted by Gasteiger charge is 2.19. The van der Waals surface area contributed by atoms with Gasteiger partial charge in [-0.05, 0) is 44.0 Å². The zero-order valence-corrected chi connectivity index (χ0v) is 10.9. The zero-order valence-electron chi connectivity index (χ0n) is 10.9. The first kappa shape index (κ1) is 13.9. The van der Waals surface area contributed by atoms with Crippen LogP contribution in [0.2, 0.25) is 0 Å². The van der Waals surface area contributed by atoms with E-state index in [-0.39, 0.29) is 18.0 Å². The van der Waals surface area contributed by atoms with E-state index in [1.54, 1.807) is 6.92 Å². The van der Waals surface area contributed by atoms with Gasteiger partial charge in [0.25, 0.3) is 0 Å². The Bertz CT molecular complexity index is 459. The summed E-state index contributed by atoms with van der Waals surface area (Å²) in [5.41, 5.74) is 0.562. The third kappa shape index (κ3) is 3.73. The Morgan fingerprint density at radius 1 is 1.47 bits per heavy atom. The summed E-state index contributed by atoms with van der Waals surface area (Å²) in [6.45, 7) is 2.71. The molecule has 1 aliphatic rings. The lowest BCUT2D eigenvalue weighted by Crippen LogP contribution is -2.33. The summed E-state index contributed by atoms with van der Waals surface area (Å²) >= 11 is 0. The molecule has 104 valence electrons.